The average Bonchev–Trinajstić information content (AvgIpc) is 3.52. The average molecular weight is 443 g/mol. The number of aromatic nitrogens is 3. The van der Waals surface area contributed by atoms with Crippen molar-refractivity contribution in [2.45, 2.75) is 12.5 Å². The van der Waals surface area contributed by atoms with E-state index in [4.69, 9.17) is 9.26 Å². The van der Waals surface area contributed by atoms with Crippen molar-refractivity contribution in [3.63, 3.8) is 0 Å². The van der Waals surface area contributed by atoms with E-state index in [9.17, 15) is 9.59 Å². The second-order valence-electron chi connectivity index (χ2n) is 7.68. The number of ether oxygens (including phenoxy) is 1. The van der Waals surface area contributed by atoms with E-state index < -0.39 is 11.9 Å². The Bertz CT molecular complexity index is 1280. The summed E-state index contributed by atoms with van der Waals surface area (Å²) in [6.07, 6.45) is 4.01. The third-order valence-electron chi connectivity index (χ3n) is 5.43. The zero-order chi connectivity index (χ0) is 22.8. The minimum absolute atomic E-state index is 0.00223. The van der Waals surface area contributed by atoms with Crippen LogP contribution in [0.3, 0.4) is 0 Å². The highest BCUT2D eigenvalue weighted by molar-refractivity contribution is 6.03. The monoisotopic (exact) mass is 443 g/mol. The van der Waals surface area contributed by atoms with Gasteiger partial charge in [0.25, 0.3) is 11.8 Å². The minimum Gasteiger partial charge on any atom is -0.489 e. The van der Waals surface area contributed by atoms with Crippen molar-refractivity contribution in [3.05, 3.63) is 90.1 Å². The lowest BCUT2D eigenvalue weighted by Gasteiger charge is -2.20. The maximum atomic E-state index is 13.1. The zero-order valence-electron chi connectivity index (χ0n) is 17.8. The highest BCUT2D eigenvalue weighted by Crippen LogP contribution is 2.32. The quantitative estimate of drug-likeness (QED) is 0.509. The SMILES string of the molecule is CN1C(=O)C(NC(=O)c2cc(Cc3ccccc3)on2)COc2ccc(-n3cccn3)cc21. The molecule has 0 aliphatic carbocycles. The number of hydrogen-bond donors (Lipinski definition) is 1. The smallest absolute Gasteiger partial charge is 0.274 e. The number of anilines is 1. The second-order valence-corrected chi connectivity index (χ2v) is 7.68. The summed E-state index contributed by atoms with van der Waals surface area (Å²) in [6.45, 7) is -0.00223. The molecule has 1 unspecified atom stereocenters. The van der Waals surface area contributed by atoms with Crippen molar-refractivity contribution in [1.29, 1.82) is 0 Å². The third-order valence-corrected chi connectivity index (χ3v) is 5.43. The molecular formula is C24H21N5O4. The molecule has 5 rings (SSSR count). The van der Waals surface area contributed by atoms with Crippen molar-refractivity contribution in [2.24, 2.45) is 0 Å². The first-order valence-corrected chi connectivity index (χ1v) is 10.4. The summed E-state index contributed by atoms with van der Waals surface area (Å²) in [6, 6.07) is 17.7. The molecule has 0 spiro atoms. The Morgan fingerprint density at radius 1 is 1.15 bits per heavy atom. The molecule has 2 aromatic carbocycles. The summed E-state index contributed by atoms with van der Waals surface area (Å²) in [7, 11) is 1.65. The van der Waals surface area contributed by atoms with Gasteiger partial charge in [-0.05, 0) is 29.8 Å². The van der Waals surface area contributed by atoms with Gasteiger partial charge >= 0.3 is 0 Å². The summed E-state index contributed by atoms with van der Waals surface area (Å²) < 4.78 is 12.8. The van der Waals surface area contributed by atoms with Crippen LogP contribution >= 0.6 is 0 Å². The molecule has 1 N–H and O–H groups in total. The maximum Gasteiger partial charge on any atom is 0.274 e. The Morgan fingerprint density at radius 2 is 2.00 bits per heavy atom. The molecule has 0 radical (unpaired) electrons. The van der Waals surface area contributed by atoms with Gasteiger partial charge in [-0.1, -0.05) is 35.5 Å². The largest absolute Gasteiger partial charge is 0.489 e. The summed E-state index contributed by atoms with van der Waals surface area (Å²) in [4.78, 5) is 27.3. The number of amides is 2. The molecule has 2 aromatic heterocycles. The van der Waals surface area contributed by atoms with E-state index in [1.807, 2.05) is 54.7 Å². The minimum atomic E-state index is -0.877. The second kappa shape index (κ2) is 8.62. The van der Waals surface area contributed by atoms with E-state index in [1.165, 1.54) is 4.90 Å². The fraction of sp³-hybridized carbons (Fsp3) is 0.167. The third kappa shape index (κ3) is 4.20. The van der Waals surface area contributed by atoms with Crippen molar-refractivity contribution >= 4 is 17.5 Å². The summed E-state index contributed by atoms with van der Waals surface area (Å²) >= 11 is 0. The van der Waals surface area contributed by atoms with Crippen LogP contribution in [0.2, 0.25) is 0 Å². The molecule has 1 aliphatic rings. The topological polar surface area (TPSA) is 102 Å². The summed E-state index contributed by atoms with van der Waals surface area (Å²) in [5.41, 5.74) is 2.54. The number of benzene rings is 2. The molecule has 9 heteroatoms. The normalized spacial score (nSPS) is 15.5. The lowest BCUT2D eigenvalue weighted by Crippen LogP contribution is -2.49. The van der Waals surface area contributed by atoms with Crippen molar-refractivity contribution in [1.82, 2.24) is 20.3 Å². The van der Waals surface area contributed by atoms with E-state index in [1.54, 1.807) is 30.1 Å². The number of fused-ring (bicyclic) bond motifs is 1. The van der Waals surface area contributed by atoms with Gasteiger partial charge in [-0.25, -0.2) is 4.68 Å². The van der Waals surface area contributed by atoms with Gasteiger partial charge < -0.3 is 19.5 Å². The molecule has 0 saturated heterocycles. The number of carbonyl (C=O) groups is 2. The fourth-order valence-electron chi connectivity index (χ4n) is 3.69. The van der Waals surface area contributed by atoms with Gasteiger partial charge in [0.15, 0.2) is 5.69 Å². The van der Waals surface area contributed by atoms with Gasteiger partial charge in [0.05, 0.1) is 11.4 Å². The van der Waals surface area contributed by atoms with E-state index in [2.05, 4.69) is 15.6 Å². The van der Waals surface area contributed by atoms with Crippen LogP contribution in [-0.2, 0) is 11.2 Å². The van der Waals surface area contributed by atoms with Crippen LogP contribution < -0.4 is 15.0 Å². The van der Waals surface area contributed by atoms with Crippen LogP contribution in [0, 0.1) is 0 Å². The van der Waals surface area contributed by atoms with Gasteiger partial charge in [0, 0.05) is 31.9 Å². The molecule has 1 atom stereocenters. The number of nitrogens with one attached hydrogen (secondary N) is 1. The number of hydrogen-bond acceptors (Lipinski definition) is 6. The fourth-order valence-corrected chi connectivity index (χ4v) is 3.69. The Balaban J connectivity index is 1.29. The van der Waals surface area contributed by atoms with Gasteiger partial charge in [-0.2, -0.15) is 5.10 Å². The predicted octanol–water partition coefficient (Wildman–Crippen LogP) is 2.60. The first-order chi connectivity index (χ1) is 16.1. The van der Waals surface area contributed by atoms with Crippen LogP contribution in [0.15, 0.2) is 77.6 Å². The van der Waals surface area contributed by atoms with Crippen LogP contribution in [-0.4, -0.2) is 46.4 Å². The van der Waals surface area contributed by atoms with Crippen LogP contribution in [0.5, 0.6) is 5.75 Å². The molecule has 0 fully saturated rings. The summed E-state index contributed by atoms with van der Waals surface area (Å²) in [5.74, 6) is 0.305. The molecule has 166 valence electrons. The van der Waals surface area contributed by atoms with Crippen molar-refractivity contribution in [2.75, 3.05) is 18.6 Å². The standard InChI is InChI=1S/C24H21N5O4/c1-28-21-13-17(29-11-5-10-25-29)8-9-22(21)32-15-20(24(28)31)26-23(30)19-14-18(33-27-19)12-16-6-3-2-4-7-16/h2-11,13-14,20H,12,15H2,1H3,(H,26,30). The highest BCUT2D eigenvalue weighted by atomic mass is 16.5. The molecule has 33 heavy (non-hydrogen) atoms. The van der Waals surface area contributed by atoms with E-state index in [-0.39, 0.29) is 18.2 Å². The lowest BCUT2D eigenvalue weighted by molar-refractivity contribution is -0.120. The van der Waals surface area contributed by atoms with Gasteiger partial charge in [0.2, 0.25) is 0 Å². The first-order valence-electron chi connectivity index (χ1n) is 10.4. The van der Waals surface area contributed by atoms with Gasteiger partial charge in [-0.3, -0.25) is 9.59 Å². The van der Waals surface area contributed by atoms with Crippen molar-refractivity contribution < 1.29 is 18.8 Å². The molecule has 0 bridgehead atoms. The van der Waals surface area contributed by atoms with E-state index in [0.29, 0.717) is 23.6 Å². The number of carbonyl (C=O) groups excluding carboxylic acids is 2. The first kappa shape index (κ1) is 20.5. The maximum absolute atomic E-state index is 13.1. The van der Waals surface area contributed by atoms with Crippen LogP contribution in [0.1, 0.15) is 21.8 Å². The lowest BCUT2D eigenvalue weighted by atomic mass is 10.1. The molecule has 2 amide bonds. The molecule has 3 heterocycles. The number of likely N-dealkylation sites (N-methyl/N-ethyl adjacent to an activating group) is 1. The van der Waals surface area contributed by atoms with E-state index in [0.717, 1.165) is 11.3 Å². The Kier molecular flexibility index (Phi) is 5.35. The Hall–Kier alpha value is -4.40. The predicted molar refractivity (Wildman–Crippen MR) is 119 cm³/mol. The van der Waals surface area contributed by atoms with Gasteiger partial charge in [-0.15, -0.1) is 0 Å². The molecule has 9 nitrogen and oxygen atoms in total. The number of rotatable bonds is 5. The van der Waals surface area contributed by atoms with E-state index >= 15 is 0 Å². The molecule has 4 aromatic rings. The summed E-state index contributed by atoms with van der Waals surface area (Å²) in [5, 5.41) is 10.8. The molecular weight excluding hydrogens is 422 g/mol. The van der Waals surface area contributed by atoms with Crippen LogP contribution in [0.4, 0.5) is 5.69 Å². The highest BCUT2D eigenvalue weighted by Gasteiger charge is 2.31. The van der Waals surface area contributed by atoms with Crippen LogP contribution in [0.25, 0.3) is 5.69 Å². The molecule has 0 saturated carbocycles. The zero-order valence-corrected chi connectivity index (χ0v) is 17.8. The Labute approximate surface area is 189 Å². The Morgan fingerprint density at radius 3 is 2.79 bits per heavy atom. The van der Waals surface area contributed by atoms with Gasteiger partial charge in [0.1, 0.15) is 24.2 Å². The molecule has 1 aliphatic heterocycles. The van der Waals surface area contributed by atoms with Crippen molar-refractivity contribution in [3.8, 4) is 11.4 Å². The number of nitrogens with zero attached hydrogens (tertiary/aromatic N) is 4.